The summed E-state index contributed by atoms with van der Waals surface area (Å²) in [5.74, 6) is -0.327. The van der Waals surface area contributed by atoms with Gasteiger partial charge in [-0.3, -0.25) is 0 Å². The van der Waals surface area contributed by atoms with Gasteiger partial charge in [0.25, 0.3) is 0 Å². The lowest BCUT2D eigenvalue weighted by Crippen LogP contribution is -2.18. The first kappa shape index (κ1) is 12.4. The molecule has 0 N–H and O–H groups in total. The fourth-order valence-corrected chi connectivity index (χ4v) is 0.715. The number of rotatable bonds is 7. The van der Waals surface area contributed by atoms with E-state index in [0.29, 0.717) is 19.8 Å². The highest BCUT2D eigenvalue weighted by molar-refractivity contribution is 5.70. The molecule has 0 saturated carbocycles. The second kappa shape index (κ2) is 8.01. The second-order valence-electron chi connectivity index (χ2n) is 2.79. The Morgan fingerprint density at radius 2 is 1.85 bits per heavy atom. The molecule has 4 nitrogen and oxygen atoms in total. The van der Waals surface area contributed by atoms with E-state index in [-0.39, 0.29) is 18.7 Å². The maximum Gasteiger partial charge on any atom is 0.332 e. The van der Waals surface area contributed by atoms with Gasteiger partial charge >= 0.3 is 5.97 Å². The summed E-state index contributed by atoms with van der Waals surface area (Å²) in [4.78, 5) is 10.9. The number of ether oxygens (including phenoxy) is 3. The van der Waals surface area contributed by atoms with Gasteiger partial charge in [0, 0.05) is 6.61 Å². The Hall–Kier alpha value is -0.610. The Kier molecular flexibility index (Phi) is 7.63. The summed E-state index contributed by atoms with van der Waals surface area (Å²) in [5, 5.41) is 0. The van der Waals surface area contributed by atoms with Crippen molar-refractivity contribution in [3.8, 4) is 0 Å². The van der Waals surface area contributed by atoms with Crippen LogP contribution in [0.3, 0.4) is 0 Å². The zero-order chi connectivity index (χ0) is 10.1. The van der Waals surface area contributed by atoms with E-state index >= 15 is 0 Å². The summed E-state index contributed by atoms with van der Waals surface area (Å²) in [6.07, 6.45) is -0.0806. The SMILES string of the molecule is CCOCCOCC(=O)OC(C)C. The summed E-state index contributed by atoms with van der Waals surface area (Å²) < 4.78 is 14.9. The second-order valence-corrected chi connectivity index (χ2v) is 2.79. The molecule has 0 aliphatic heterocycles. The van der Waals surface area contributed by atoms with Crippen LogP contribution in [0.1, 0.15) is 20.8 Å². The van der Waals surface area contributed by atoms with Crippen molar-refractivity contribution in [1.82, 2.24) is 0 Å². The van der Waals surface area contributed by atoms with Crippen LogP contribution in [-0.4, -0.2) is 38.5 Å². The number of carbonyl (C=O) groups is 1. The molecule has 0 amide bonds. The largest absolute Gasteiger partial charge is 0.461 e. The summed E-state index contributed by atoms with van der Waals surface area (Å²) in [6, 6.07) is 0. The summed E-state index contributed by atoms with van der Waals surface area (Å²) in [5.41, 5.74) is 0. The average Bonchev–Trinajstić information content (AvgIpc) is 2.02. The molecule has 0 aromatic rings. The fourth-order valence-electron chi connectivity index (χ4n) is 0.715. The van der Waals surface area contributed by atoms with Gasteiger partial charge in [-0.1, -0.05) is 0 Å². The molecule has 0 fully saturated rings. The molecule has 0 rings (SSSR count). The van der Waals surface area contributed by atoms with E-state index < -0.39 is 0 Å². The van der Waals surface area contributed by atoms with E-state index in [1.807, 2.05) is 6.92 Å². The molecule has 0 aromatic carbocycles. The standard InChI is InChI=1S/C9H18O4/c1-4-11-5-6-12-7-9(10)13-8(2)3/h8H,4-7H2,1-3H3. The van der Waals surface area contributed by atoms with Crippen molar-refractivity contribution in [3.63, 3.8) is 0 Å². The predicted molar refractivity (Wildman–Crippen MR) is 48.5 cm³/mol. The molecule has 78 valence electrons. The molecule has 0 aromatic heterocycles. The third-order valence-electron chi connectivity index (χ3n) is 1.16. The van der Waals surface area contributed by atoms with Crippen molar-refractivity contribution in [2.75, 3.05) is 26.4 Å². The summed E-state index contributed by atoms with van der Waals surface area (Å²) >= 11 is 0. The highest BCUT2D eigenvalue weighted by Gasteiger charge is 2.04. The van der Waals surface area contributed by atoms with Gasteiger partial charge in [-0.05, 0) is 20.8 Å². The third kappa shape index (κ3) is 9.30. The third-order valence-corrected chi connectivity index (χ3v) is 1.16. The zero-order valence-corrected chi connectivity index (χ0v) is 8.54. The summed E-state index contributed by atoms with van der Waals surface area (Å²) in [7, 11) is 0. The molecule has 4 heteroatoms. The predicted octanol–water partition coefficient (Wildman–Crippen LogP) is 0.991. The van der Waals surface area contributed by atoms with Crippen LogP contribution in [0, 0.1) is 0 Å². The molecular weight excluding hydrogens is 172 g/mol. The van der Waals surface area contributed by atoms with Crippen LogP contribution in [0.15, 0.2) is 0 Å². The van der Waals surface area contributed by atoms with E-state index in [1.165, 1.54) is 0 Å². The van der Waals surface area contributed by atoms with Crippen molar-refractivity contribution in [2.24, 2.45) is 0 Å². The van der Waals surface area contributed by atoms with Crippen LogP contribution < -0.4 is 0 Å². The minimum absolute atomic E-state index is 0.00521. The van der Waals surface area contributed by atoms with Gasteiger partial charge in [-0.2, -0.15) is 0 Å². The normalized spacial score (nSPS) is 10.5. The zero-order valence-electron chi connectivity index (χ0n) is 8.54. The first-order valence-corrected chi connectivity index (χ1v) is 4.51. The molecule has 0 heterocycles. The molecule has 0 bridgehead atoms. The fraction of sp³-hybridized carbons (Fsp3) is 0.889. The highest BCUT2D eigenvalue weighted by Crippen LogP contribution is 1.89. The van der Waals surface area contributed by atoms with Gasteiger partial charge in [0.2, 0.25) is 0 Å². The van der Waals surface area contributed by atoms with Crippen LogP contribution >= 0.6 is 0 Å². The van der Waals surface area contributed by atoms with Gasteiger partial charge in [0.1, 0.15) is 6.61 Å². The lowest BCUT2D eigenvalue weighted by atomic mass is 10.5. The van der Waals surface area contributed by atoms with Crippen LogP contribution in [0.2, 0.25) is 0 Å². The number of hydrogen-bond donors (Lipinski definition) is 0. The molecule has 0 aliphatic rings. The Balaban J connectivity index is 3.17. The van der Waals surface area contributed by atoms with Crippen molar-refractivity contribution in [3.05, 3.63) is 0 Å². The molecule has 0 unspecified atom stereocenters. The van der Waals surface area contributed by atoms with Gasteiger partial charge in [0.15, 0.2) is 0 Å². The van der Waals surface area contributed by atoms with E-state index in [1.54, 1.807) is 13.8 Å². The Morgan fingerprint density at radius 1 is 1.23 bits per heavy atom. The Bertz CT molecular complexity index is 134. The van der Waals surface area contributed by atoms with Crippen molar-refractivity contribution in [1.29, 1.82) is 0 Å². The van der Waals surface area contributed by atoms with E-state index in [9.17, 15) is 4.79 Å². The first-order chi connectivity index (χ1) is 6.16. The molecule has 0 atom stereocenters. The van der Waals surface area contributed by atoms with Gasteiger partial charge in [0.05, 0.1) is 19.3 Å². The molecule has 0 radical (unpaired) electrons. The van der Waals surface area contributed by atoms with Crippen LogP contribution in [0.4, 0.5) is 0 Å². The minimum Gasteiger partial charge on any atom is -0.461 e. The number of carbonyl (C=O) groups excluding carboxylic acids is 1. The smallest absolute Gasteiger partial charge is 0.332 e. The summed E-state index contributed by atoms with van der Waals surface area (Å²) in [6.45, 7) is 7.14. The topological polar surface area (TPSA) is 44.8 Å². The van der Waals surface area contributed by atoms with Gasteiger partial charge < -0.3 is 14.2 Å². The maximum atomic E-state index is 10.9. The molecule has 13 heavy (non-hydrogen) atoms. The van der Waals surface area contributed by atoms with Gasteiger partial charge in [-0.15, -0.1) is 0 Å². The van der Waals surface area contributed by atoms with E-state index in [4.69, 9.17) is 14.2 Å². The van der Waals surface area contributed by atoms with Crippen molar-refractivity contribution < 1.29 is 19.0 Å². The van der Waals surface area contributed by atoms with Crippen LogP contribution in [0.25, 0.3) is 0 Å². The first-order valence-electron chi connectivity index (χ1n) is 4.51. The van der Waals surface area contributed by atoms with E-state index in [0.717, 1.165) is 0 Å². The van der Waals surface area contributed by atoms with Crippen LogP contribution in [-0.2, 0) is 19.0 Å². The molecular formula is C9H18O4. The number of esters is 1. The van der Waals surface area contributed by atoms with Gasteiger partial charge in [-0.25, -0.2) is 4.79 Å². The highest BCUT2D eigenvalue weighted by atomic mass is 16.6. The average molecular weight is 190 g/mol. The number of hydrogen-bond acceptors (Lipinski definition) is 4. The molecule has 0 saturated heterocycles. The Morgan fingerprint density at radius 3 is 2.38 bits per heavy atom. The van der Waals surface area contributed by atoms with Crippen molar-refractivity contribution in [2.45, 2.75) is 26.9 Å². The minimum atomic E-state index is -0.327. The lowest BCUT2D eigenvalue weighted by Gasteiger charge is -2.08. The quantitative estimate of drug-likeness (QED) is 0.443. The monoisotopic (exact) mass is 190 g/mol. The van der Waals surface area contributed by atoms with Crippen LogP contribution in [0.5, 0.6) is 0 Å². The molecule has 0 aliphatic carbocycles. The Labute approximate surface area is 79.2 Å². The lowest BCUT2D eigenvalue weighted by molar-refractivity contribution is -0.153. The molecule has 0 spiro atoms. The maximum absolute atomic E-state index is 10.9. The van der Waals surface area contributed by atoms with E-state index in [2.05, 4.69) is 0 Å². The van der Waals surface area contributed by atoms with Crippen molar-refractivity contribution >= 4 is 5.97 Å².